The molecule has 2 N–H and O–H groups in total. The second-order valence-electron chi connectivity index (χ2n) is 6.08. The summed E-state index contributed by atoms with van der Waals surface area (Å²) in [5, 5.41) is 14.3. The fourth-order valence-corrected chi connectivity index (χ4v) is 2.32. The average molecular weight is 278 g/mol. The van der Waals surface area contributed by atoms with Gasteiger partial charge in [-0.15, -0.1) is 0 Å². The normalized spacial score (nSPS) is 23.8. The Balaban J connectivity index is 2.00. The molecule has 0 radical (unpaired) electrons. The number of rotatable bonds is 4. The molecule has 1 heterocycles. The summed E-state index contributed by atoms with van der Waals surface area (Å²) < 4.78 is 0. The van der Waals surface area contributed by atoms with Gasteiger partial charge in [0.25, 0.3) is 5.91 Å². The fourth-order valence-electron chi connectivity index (χ4n) is 2.32. The maximum absolute atomic E-state index is 12.0. The number of urea groups is 1. The standard InChI is InChI=1S/C13H18N4O3/c1-12(2)10(19)17(11(20)16-12)6-9(18)15-13(3,7-14)8-4-5-8/h8H,4-6H2,1-3H3,(H,15,18)(H,16,20)/t13-/m0/s1. The first-order valence-electron chi connectivity index (χ1n) is 6.56. The van der Waals surface area contributed by atoms with Crippen LogP contribution in [-0.4, -0.2) is 40.4 Å². The summed E-state index contributed by atoms with van der Waals surface area (Å²) in [6.07, 6.45) is 1.81. The maximum atomic E-state index is 12.0. The Morgan fingerprint density at radius 3 is 2.55 bits per heavy atom. The van der Waals surface area contributed by atoms with Crippen LogP contribution in [0.25, 0.3) is 0 Å². The third kappa shape index (κ3) is 2.46. The van der Waals surface area contributed by atoms with Crippen LogP contribution in [0.15, 0.2) is 0 Å². The summed E-state index contributed by atoms with van der Waals surface area (Å²) in [5.74, 6) is -0.791. The third-order valence-electron chi connectivity index (χ3n) is 3.77. The number of nitriles is 1. The zero-order chi connectivity index (χ0) is 15.1. The molecule has 0 aromatic carbocycles. The molecule has 2 fully saturated rings. The van der Waals surface area contributed by atoms with Crippen LogP contribution in [0, 0.1) is 17.2 Å². The van der Waals surface area contributed by atoms with Gasteiger partial charge in [0.05, 0.1) is 6.07 Å². The molecule has 2 rings (SSSR count). The van der Waals surface area contributed by atoms with Crippen LogP contribution in [0.3, 0.4) is 0 Å². The van der Waals surface area contributed by atoms with Crippen molar-refractivity contribution in [1.29, 1.82) is 5.26 Å². The number of imide groups is 1. The van der Waals surface area contributed by atoms with Crippen LogP contribution in [0.1, 0.15) is 33.6 Å². The van der Waals surface area contributed by atoms with E-state index in [0.29, 0.717) is 0 Å². The van der Waals surface area contributed by atoms with Gasteiger partial charge in [-0.25, -0.2) is 4.79 Å². The number of carbonyl (C=O) groups excluding carboxylic acids is 3. The summed E-state index contributed by atoms with van der Waals surface area (Å²) >= 11 is 0. The highest BCUT2D eigenvalue weighted by Gasteiger charge is 2.47. The molecule has 7 heteroatoms. The third-order valence-corrected chi connectivity index (χ3v) is 3.77. The molecule has 0 spiro atoms. The summed E-state index contributed by atoms with van der Waals surface area (Å²) in [5.41, 5.74) is -1.92. The molecule has 1 aliphatic carbocycles. The van der Waals surface area contributed by atoms with Gasteiger partial charge in [-0.3, -0.25) is 14.5 Å². The van der Waals surface area contributed by atoms with Crippen LogP contribution < -0.4 is 10.6 Å². The number of amides is 4. The molecular weight excluding hydrogens is 260 g/mol. The van der Waals surface area contributed by atoms with Gasteiger partial charge in [0.15, 0.2) is 0 Å². The van der Waals surface area contributed by atoms with Crippen LogP contribution in [0.5, 0.6) is 0 Å². The molecule has 1 atom stereocenters. The van der Waals surface area contributed by atoms with Gasteiger partial charge in [0.2, 0.25) is 5.91 Å². The highest BCUT2D eigenvalue weighted by Crippen LogP contribution is 2.39. The van der Waals surface area contributed by atoms with E-state index in [1.807, 2.05) is 0 Å². The Morgan fingerprint density at radius 2 is 2.15 bits per heavy atom. The van der Waals surface area contributed by atoms with Crippen molar-refractivity contribution < 1.29 is 14.4 Å². The second kappa shape index (κ2) is 4.47. The van der Waals surface area contributed by atoms with Gasteiger partial charge in [0.1, 0.15) is 17.6 Å². The van der Waals surface area contributed by atoms with Crippen molar-refractivity contribution in [1.82, 2.24) is 15.5 Å². The minimum absolute atomic E-state index is 0.149. The topological polar surface area (TPSA) is 102 Å². The predicted octanol–water partition coefficient (Wildman–Crippen LogP) is 0.125. The minimum atomic E-state index is -0.994. The molecule has 0 bridgehead atoms. The molecule has 20 heavy (non-hydrogen) atoms. The summed E-state index contributed by atoms with van der Waals surface area (Å²) in [7, 11) is 0. The first kappa shape index (κ1) is 14.3. The molecule has 0 aromatic heterocycles. The van der Waals surface area contributed by atoms with Crippen molar-refractivity contribution in [3.8, 4) is 6.07 Å². The van der Waals surface area contributed by atoms with Crippen LogP contribution in [-0.2, 0) is 9.59 Å². The quantitative estimate of drug-likeness (QED) is 0.713. The van der Waals surface area contributed by atoms with E-state index >= 15 is 0 Å². The van der Waals surface area contributed by atoms with Gasteiger partial charge in [-0.05, 0) is 39.5 Å². The van der Waals surface area contributed by atoms with Crippen molar-refractivity contribution >= 4 is 17.8 Å². The lowest BCUT2D eigenvalue weighted by molar-refractivity contribution is -0.134. The van der Waals surface area contributed by atoms with Crippen molar-refractivity contribution in [2.75, 3.05) is 6.54 Å². The lowest BCUT2D eigenvalue weighted by atomic mass is 9.98. The van der Waals surface area contributed by atoms with Gasteiger partial charge >= 0.3 is 6.03 Å². The van der Waals surface area contributed by atoms with E-state index in [1.165, 1.54) is 0 Å². The van der Waals surface area contributed by atoms with E-state index in [-0.39, 0.29) is 12.5 Å². The zero-order valence-corrected chi connectivity index (χ0v) is 11.8. The number of hydrogen-bond acceptors (Lipinski definition) is 4. The molecule has 7 nitrogen and oxygen atoms in total. The lowest BCUT2D eigenvalue weighted by Gasteiger charge is -2.24. The van der Waals surface area contributed by atoms with Gasteiger partial charge < -0.3 is 10.6 Å². The Kier molecular flexibility index (Phi) is 3.20. The SMILES string of the molecule is CC1(C)NC(=O)N(CC(=O)N[C@@](C)(C#N)C2CC2)C1=O. The summed E-state index contributed by atoms with van der Waals surface area (Å²) in [4.78, 5) is 36.5. The van der Waals surface area contributed by atoms with Crippen LogP contribution in [0.2, 0.25) is 0 Å². The molecule has 0 unspecified atom stereocenters. The second-order valence-corrected chi connectivity index (χ2v) is 6.08. The Morgan fingerprint density at radius 1 is 1.55 bits per heavy atom. The lowest BCUT2D eigenvalue weighted by Crippen LogP contribution is -2.51. The Labute approximate surface area is 117 Å². The number of nitrogens with zero attached hydrogens (tertiary/aromatic N) is 2. The molecule has 1 saturated heterocycles. The smallest absolute Gasteiger partial charge is 0.325 e. The summed E-state index contributed by atoms with van der Waals surface area (Å²) in [6.45, 7) is 4.46. The number of nitrogens with one attached hydrogen (secondary N) is 2. The van der Waals surface area contributed by atoms with Gasteiger partial charge in [-0.1, -0.05) is 0 Å². The van der Waals surface area contributed by atoms with E-state index in [9.17, 15) is 14.4 Å². The molecule has 0 aromatic rings. The van der Waals surface area contributed by atoms with E-state index < -0.39 is 28.9 Å². The highest BCUT2D eigenvalue weighted by atomic mass is 16.2. The number of hydrogen-bond donors (Lipinski definition) is 2. The van der Waals surface area contributed by atoms with Crippen molar-refractivity contribution in [3.05, 3.63) is 0 Å². The van der Waals surface area contributed by atoms with Gasteiger partial charge in [0, 0.05) is 0 Å². The fraction of sp³-hybridized carbons (Fsp3) is 0.692. The van der Waals surface area contributed by atoms with Crippen molar-refractivity contribution in [2.45, 2.75) is 44.7 Å². The average Bonchev–Trinajstić information content (AvgIpc) is 3.15. The highest BCUT2D eigenvalue weighted by molar-refractivity contribution is 6.08. The first-order valence-corrected chi connectivity index (χ1v) is 6.56. The maximum Gasteiger partial charge on any atom is 0.325 e. The van der Waals surface area contributed by atoms with Crippen molar-refractivity contribution in [3.63, 3.8) is 0 Å². The van der Waals surface area contributed by atoms with E-state index in [1.54, 1.807) is 20.8 Å². The molecule has 108 valence electrons. The number of carbonyl (C=O) groups is 3. The van der Waals surface area contributed by atoms with Crippen LogP contribution in [0.4, 0.5) is 4.79 Å². The van der Waals surface area contributed by atoms with E-state index in [0.717, 1.165) is 17.7 Å². The zero-order valence-electron chi connectivity index (χ0n) is 11.8. The molecular formula is C13H18N4O3. The molecule has 1 aliphatic heterocycles. The van der Waals surface area contributed by atoms with Crippen LogP contribution >= 0.6 is 0 Å². The first-order chi connectivity index (χ1) is 9.19. The largest absolute Gasteiger partial charge is 0.336 e. The molecule has 1 saturated carbocycles. The molecule has 4 amide bonds. The Bertz CT molecular complexity index is 518. The Hall–Kier alpha value is -2.10. The monoisotopic (exact) mass is 278 g/mol. The summed E-state index contributed by atoms with van der Waals surface area (Å²) in [6, 6.07) is 1.52. The molecule has 2 aliphatic rings. The minimum Gasteiger partial charge on any atom is -0.336 e. The van der Waals surface area contributed by atoms with E-state index in [4.69, 9.17) is 5.26 Å². The van der Waals surface area contributed by atoms with Gasteiger partial charge in [-0.2, -0.15) is 5.26 Å². The van der Waals surface area contributed by atoms with E-state index in [2.05, 4.69) is 16.7 Å². The predicted molar refractivity (Wildman–Crippen MR) is 69.2 cm³/mol. The van der Waals surface area contributed by atoms with Crippen molar-refractivity contribution in [2.24, 2.45) is 5.92 Å².